The van der Waals surface area contributed by atoms with Crippen LogP contribution in [0.3, 0.4) is 0 Å². The van der Waals surface area contributed by atoms with Crippen LogP contribution in [-0.4, -0.2) is 13.1 Å². The van der Waals surface area contributed by atoms with E-state index in [1.54, 1.807) is 6.07 Å². The molecule has 1 unspecified atom stereocenters. The summed E-state index contributed by atoms with van der Waals surface area (Å²) >= 11 is 5.75. The van der Waals surface area contributed by atoms with Crippen LogP contribution < -0.4 is 4.90 Å². The summed E-state index contributed by atoms with van der Waals surface area (Å²) in [6.45, 7) is 6.55. The van der Waals surface area contributed by atoms with Gasteiger partial charge in [-0.25, -0.2) is 4.39 Å². The lowest BCUT2D eigenvalue weighted by Crippen LogP contribution is -2.30. The van der Waals surface area contributed by atoms with E-state index in [2.05, 4.69) is 25.7 Å². The summed E-state index contributed by atoms with van der Waals surface area (Å²) in [6, 6.07) is 5.39. The molecule has 0 aromatic heterocycles. The molecule has 0 saturated heterocycles. The van der Waals surface area contributed by atoms with Crippen LogP contribution >= 0.6 is 11.6 Å². The van der Waals surface area contributed by atoms with Crippen molar-refractivity contribution in [1.29, 1.82) is 0 Å². The van der Waals surface area contributed by atoms with Crippen molar-refractivity contribution in [2.75, 3.05) is 11.9 Å². The van der Waals surface area contributed by atoms with E-state index in [4.69, 9.17) is 11.6 Å². The molecule has 0 aliphatic heterocycles. The van der Waals surface area contributed by atoms with Crippen LogP contribution in [0.15, 0.2) is 18.2 Å². The molecule has 1 nitrogen and oxygen atoms in total. The molecule has 1 rings (SSSR count). The normalized spacial score (nSPS) is 12.9. The maximum atomic E-state index is 13.4. The molecular formula is C14H21ClFN. The van der Waals surface area contributed by atoms with Gasteiger partial charge in [-0.15, -0.1) is 11.6 Å². The van der Waals surface area contributed by atoms with E-state index in [-0.39, 0.29) is 5.82 Å². The Morgan fingerprint density at radius 1 is 1.24 bits per heavy atom. The number of halogens is 2. The zero-order valence-corrected chi connectivity index (χ0v) is 11.8. The first-order chi connectivity index (χ1) is 7.93. The van der Waals surface area contributed by atoms with E-state index in [1.807, 2.05) is 13.1 Å². The van der Waals surface area contributed by atoms with Crippen molar-refractivity contribution in [3.05, 3.63) is 29.6 Å². The third-order valence-corrected chi connectivity index (χ3v) is 3.29. The number of rotatable bonds is 5. The van der Waals surface area contributed by atoms with Crippen LogP contribution in [0.2, 0.25) is 0 Å². The number of alkyl halides is 1. The lowest BCUT2D eigenvalue weighted by atomic mass is 10.0. The van der Waals surface area contributed by atoms with Crippen LogP contribution in [0.4, 0.5) is 10.1 Å². The zero-order valence-electron chi connectivity index (χ0n) is 11.0. The highest BCUT2D eigenvalue weighted by Gasteiger charge is 2.13. The maximum absolute atomic E-state index is 13.4. The highest BCUT2D eigenvalue weighted by molar-refractivity contribution is 6.17. The second-order valence-corrected chi connectivity index (χ2v) is 5.31. The van der Waals surface area contributed by atoms with E-state index < -0.39 is 0 Å². The predicted molar refractivity (Wildman–Crippen MR) is 73.3 cm³/mol. The highest BCUT2D eigenvalue weighted by Crippen LogP contribution is 2.22. The Balaban J connectivity index is 2.87. The van der Waals surface area contributed by atoms with Crippen molar-refractivity contribution in [3.8, 4) is 0 Å². The minimum absolute atomic E-state index is 0.221. The first kappa shape index (κ1) is 14.3. The number of anilines is 1. The van der Waals surface area contributed by atoms with Gasteiger partial charge in [0.05, 0.1) is 0 Å². The van der Waals surface area contributed by atoms with Gasteiger partial charge >= 0.3 is 0 Å². The summed E-state index contributed by atoms with van der Waals surface area (Å²) in [6.07, 6.45) is 1.09. The predicted octanol–water partition coefficient (Wildman–Crippen LogP) is 4.44. The molecular weight excluding hydrogens is 237 g/mol. The second-order valence-electron chi connectivity index (χ2n) is 5.04. The molecule has 0 N–H and O–H groups in total. The van der Waals surface area contributed by atoms with Crippen LogP contribution in [0.1, 0.15) is 32.8 Å². The summed E-state index contributed by atoms with van der Waals surface area (Å²) in [5, 5.41) is 0. The van der Waals surface area contributed by atoms with Crippen molar-refractivity contribution in [2.45, 2.75) is 39.1 Å². The Labute approximate surface area is 109 Å². The SMILES string of the molecule is CC(C)CC(C)N(C)c1cc(F)cc(CCl)c1. The Hall–Kier alpha value is -0.760. The molecule has 17 heavy (non-hydrogen) atoms. The summed E-state index contributed by atoms with van der Waals surface area (Å²) in [5.74, 6) is 0.757. The van der Waals surface area contributed by atoms with Crippen LogP contribution in [0.5, 0.6) is 0 Å². The molecule has 1 aromatic carbocycles. The Kier molecular flexibility index (Phi) is 5.26. The number of hydrogen-bond donors (Lipinski definition) is 0. The summed E-state index contributed by atoms with van der Waals surface area (Å²) in [4.78, 5) is 2.11. The Morgan fingerprint density at radius 3 is 2.41 bits per heavy atom. The minimum Gasteiger partial charge on any atom is -0.372 e. The number of nitrogens with zero attached hydrogens (tertiary/aromatic N) is 1. The van der Waals surface area contributed by atoms with Gasteiger partial charge in [0.1, 0.15) is 5.82 Å². The van der Waals surface area contributed by atoms with Crippen LogP contribution in [0.25, 0.3) is 0 Å². The van der Waals surface area contributed by atoms with E-state index >= 15 is 0 Å². The summed E-state index contributed by atoms with van der Waals surface area (Å²) in [7, 11) is 2.00. The van der Waals surface area contributed by atoms with Crippen LogP contribution in [0, 0.1) is 11.7 Å². The van der Waals surface area contributed by atoms with E-state index in [9.17, 15) is 4.39 Å². The standard InChI is InChI=1S/C14H21ClFN/c1-10(2)5-11(3)17(4)14-7-12(9-15)6-13(16)8-14/h6-8,10-11H,5,9H2,1-4H3. The zero-order chi connectivity index (χ0) is 13.0. The molecule has 0 aliphatic carbocycles. The minimum atomic E-state index is -0.221. The van der Waals surface area contributed by atoms with E-state index in [1.165, 1.54) is 6.07 Å². The van der Waals surface area contributed by atoms with Crippen molar-refractivity contribution in [2.24, 2.45) is 5.92 Å². The topological polar surface area (TPSA) is 3.24 Å². The van der Waals surface area contributed by atoms with Gasteiger partial charge in [0.2, 0.25) is 0 Å². The summed E-state index contributed by atoms with van der Waals surface area (Å²) < 4.78 is 13.4. The molecule has 0 aliphatic rings. The molecule has 1 atom stereocenters. The third-order valence-electron chi connectivity index (χ3n) is 2.98. The molecule has 1 aromatic rings. The fraction of sp³-hybridized carbons (Fsp3) is 0.571. The van der Waals surface area contributed by atoms with Gasteiger partial charge in [-0.05, 0) is 43.0 Å². The molecule has 0 bridgehead atoms. The number of benzene rings is 1. The van der Waals surface area contributed by atoms with Gasteiger partial charge in [0, 0.05) is 24.7 Å². The quantitative estimate of drug-likeness (QED) is 0.705. The first-order valence-electron chi connectivity index (χ1n) is 6.02. The average molecular weight is 258 g/mol. The van der Waals surface area contributed by atoms with Crippen LogP contribution in [-0.2, 0) is 5.88 Å². The van der Waals surface area contributed by atoms with Crippen molar-refractivity contribution in [1.82, 2.24) is 0 Å². The molecule has 0 saturated carbocycles. The molecule has 0 spiro atoms. The fourth-order valence-electron chi connectivity index (χ4n) is 2.01. The number of hydrogen-bond acceptors (Lipinski definition) is 1. The fourth-order valence-corrected chi connectivity index (χ4v) is 2.16. The Bertz CT molecular complexity index is 365. The summed E-state index contributed by atoms with van der Waals surface area (Å²) in [5.41, 5.74) is 1.72. The van der Waals surface area contributed by atoms with E-state index in [0.29, 0.717) is 17.8 Å². The van der Waals surface area contributed by atoms with Gasteiger partial charge < -0.3 is 4.90 Å². The smallest absolute Gasteiger partial charge is 0.125 e. The van der Waals surface area contributed by atoms with Crippen molar-refractivity contribution >= 4 is 17.3 Å². The van der Waals surface area contributed by atoms with Gasteiger partial charge in [-0.1, -0.05) is 13.8 Å². The van der Waals surface area contributed by atoms with Gasteiger partial charge in [0.15, 0.2) is 0 Å². The third kappa shape index (κ3) is 4.19. The van der Waals surface area contributed by atoms with Gasteiger partial charge in [-0.2, -0.15) is 0 Å². The van der Waals surface area contributed by atoms with E-state index in [0.717, 1.165) is 17.7 Å². The van der Waals surface area contributed by atoms with Gasteiger partial charge in [0.25, 0.3) is 0 Å². The maximum Gasteiger partial charge on any atom is 0.125 e. The molecule has 0 fully saturated rings. The van der Waals surface area contributed by atoms with Crippen molar-refractivity contribution < 1.29 is 4.39 Å². The molecule has 3 heteroatoms. The average Bonchev–Trinajstić information content (AvgIpc) is 2.26. The first-order valence-corrected chi connectivity index (χ1v) is 6.55. The largest absolute Gasteiger partial charge is 0.372 e. The molecule has 0 amide bonds. The lowest BCUT2D eigenvalue weighted by molar-refractivity contribution is 0.503. The molecule has 0 heterocycles. The molecule has 0 radical (unpaired) electrons. The second kappa shape index (κ2) is 6.25. The van der Waals surface area contributed by atoms with Crippen molar-refractivity contribution in [3.63, 3.8) is 0 Å². The Morgan fingerprint density at radius 2 is 1.88 bits per heavy atom. The highest BCUT2D eigenvalue weighted by atomic mass is 35.5. The molecule has 96 valence electrons. The lowest BCUT2D eigenvalue weighted by Gasteiger charge is -2.28. The van der Waals surface area contributed by atoms with Gasteiger partial charge in [-0.3, -0.25) is 0 Å². The monoisotopic (exact) mass is 257 g/mol.